The zero-order chi connectivity index (χ0) is 25.6. The molecule has 0 radical (unpaired) electrons. The van der Waals surface area contributed by atoms with E-state index in [1.807, 2.05) is 25.3 Å². The highest BCUT2D eigenvalue weighted by atomic mass is 35.5. The van der Waals surface area contributed by atoms with Gasteiger partial charge in [-0.05, 0) is 79.9 Å². The molecule has 0 aliphatic carbocycles. The lowest BCUT2D eigenvalue weighted by molar-refractivity contribution is -0.0712. The van der Waals surface area contributed by atoms with Crippen molar-refractivity contribution in [2.24, 2.45) is 0 Å². The molecule has 1 atom stereocenters. The lowest BCUT2D eigenvalue weighted by Gasteiger charge is -2.32. The summed E-state index contributed by atoms with van der Waals surface area (Å²) in [4.78, 5) is 7.05. The molecule has 190 valence electrons. The van der Waals surface area contributed by atoms with Crippen LogP contribution in [-0.4, -0.2) is 43.6 Å². The first-order chi connectivity index (χ1) is 17.9. The first-order valence-corrected chi connectivity index (χ1v) is 12.7. The molecule has 4 aromatic rings. The van der Waals surface area contributed by atoms with Gasteiger partial charge in [-0.3, -0.25) is 9.88 Å². The summed E-state index contributed by atoms with van der Waals surface area (Å²) in [5, 5.41) is 14.5. The average molecular weight is 521 g/mol. The smallest absolute Gasteiger partial charge is 0.278 e. The van der Waals surface area contributed by atoms with Gasteiger partial charge in [0.2, 0.25) is 5.82 Å². The maximum atomic E-state index is 14.7. The Morgan fingerprint density at radius 3 is 2.73 bits per heavy atom. The van der Waals surface area contributed by atoms with Crippen molar-refractivity contribution in [3.05, 3.63) is 81.9 Å². The molecule has 1 unspecified atom stereocenters. The molecule has 0 bridgehead atoms. The van der Waals surface area contributed by atoms with E-state index in [-0.39, 0.29) is 0 Å². The van der Waals surface area contributed by atoms with Crippen LogP contribution in [0.1, 0.15) is 48.1 Å². The molecule has 6 rings (SSSR count). The van der Waals surface area contributed by atoms with Crippen LogP contribution in [0, 0.1) is 12.7 Å². The van der Waals surface area contributed by atoms with E-state index in [4.69, 9.17) is 21.1 Å². The normalized spacial score (nSPS) is 19.9. The van der Waals surface area contributed by atoms with Crippen molar-refractivity contribution in [3.8, 4) is 22.9 Å². The topological polar surface area (TPSA) is 89.0 Å². The lowest BCUT2D eigenvalue weighted by atomic mass is 9.88. The molecule has 2 aromatic heterocycles. The third kappa shape index (κ3) is 4.53. The Hall–Kier alpha value is -3.56. The van der Waals surface area contributed by atoms with Crippen LogP contribution in [0.4, 0.5) is 4.39 Å². The van der Waals surface area contributed by atoms with Crippen LogP contribution in [0.15, 0.2) is 48.7 Å². The quantitative estimate of drug-likeness (QED) is 0.377. The minimum atomic E-state index is -1.25. The van der Waals surface area contributed by atoms with Gasteiger partial charge in [0.05, 0.1) is 11.3 Å². The SMILES string of the molecule is Cc1cc(CN2CCC(c3cccc4c3OC(C)(c3ccc(Cl)cc3F)O4)CC2)ncc1-c1nn[nH]n1. The molecule has 0 amide bonds. The molecule has 0 saturated carbocycles. The van der Waals surface area contributed by atoms with E-state index in [0.29, 0.717) is 33.8 Å². The Balaban J connectivity index is 1.13. The Morgan fingerprint density at radius 1 is 1.16 bits per heavy atom. The van der Waals surface area contributed by atoms with Crippen molar-refractivity contribution >= 4 is 11.6 Å². The van der Waals surface area contributed by atoms with Crippen molar-refractivity contribution in [2.75, 3.05) is 13.1 Å². The molecular formula is C27H26ClFN6O2. The Kier molecular flexibility index (Phi) is 6.04. The zero-order valence-corrected chi connectivity index (χ0v) is 21.3. The van der Waals surface area contributed by atoms with Crippen LogP contribution in [0.5, 0.6) is 11.5 Å². The predicted octanol–water partition coefficient (Wildman–Crippen LogP) is 5.39. The fourth-order valence-electron chi connectivity index (χ4n) is 5.28. The number of piperidine rings is 1. The number of likely N-dealkylation sites (tertiary alicyclic amines) is 1. The van der Waals surface area contributed by atoms with E-state index in [9.17, 15) is 4.39 Å². The number of nitrogens with zero attached hydrogens (tertiary/aromatic N) is 5. The van der Waals surface area contributed by atoms with E-state index in [1.54, 1.807) is 19.1 Å². The summed E-state index contributed by atoms with van der Waals surface area (Å²) >= 11 is 5.95. The van der Waals surface area contributed by atoms with Gasteiger partial charge in [0.15, 0.2) is 11.5 Å². The molecule has 4 heterocycles. The maximum Gasteiger partial charge on any atom is 0.278 e. The molecule has 10 heteroatoms. The van der Waals surface area contributed by atoms with Crippen LogP contribution in [0.3, 0.4) is 0 Å². The molecule has 2 aromatic carbocycles. The summed E-state index contributed by atoms with van der Waals surface area (Å²) in [5.41, 5.74) is 4.39. The fourth-order valence-corrected chi connectivity index (χ4v) is 5.44. The van der Waals surface area contributed by atoms with Crippen LogP contribution in [-0.2, 0) is 12.3 Å². The summed E-state index contributed by atoms with van der Waals surface area (Å²) in [6.07, 6.45) is 3.77. The number of rotatable bonds is 5. The number of pyridine rings is 1. The molecule has 2 aliphatic rings. The number of benzene rings is 2. The van der Waals surface area contributed by atoms with Crippen molar-refractivity contribution in [1.29, 1.82) is 0 Å². The largest absolute Gasteiger partial charge is 0.444 e. The van der Waals surface area contributed by atoms with Crippen LogP contribution in [0.25, 0.3) is 11.4 Å². The van der Waals surface area contributed by atoms with Crippen LogP contribution >= 0.6 is 11.6 Å². The number of halogens is 2. The second kappa shape index (κ2) is 9.39. The van der Waals surface area contributed by atoms with Gasteiger partial charge in [-0.15, -0.1) is 10.2 Å². The van der Waals surface area contributed by atoms with Gasteiger partial charge in [-0.2, -0.15) is 5.21 Å². The summed E-state index contributed by atoms with van der Waals surface area (Å²) in [6.45, 7) is 6.42. The van der Waals surface area contributed by atoms with Gasteiger partial charge in [-0.1, -0.05) is 23.7 Å². The number of fused-ring (bicyclic) bond motifs is 1. The van der Waals surface area contributed by atoms with E-state index >= 15 is 0 Å². The number of nitrogens with one attached hydrogen (secondary N) is 1. The highest BCUT2D eigenvalue weighted by Gasteiger charge is 2.42. The van der Waals surface area contributed by atoms with Gasteiger partial charge in [0.25, 0.3) is 5.79 Å². The standard InChI is InChI=1S/C27H26ClFN6O2/c1-16-12-19(30-14-21(16)26-31-33-34-32-26)15-35-10-8-17(9-11-35)20-4-3-5-24-25(20)37-27(2,36-24)22-7-6-18(28)13-23(22)29/h3-7,12-14,17H,8-11,15H2,1-2H3,(H,31,32,33,34). The van der Waals surface area contributed by atoms with Gasteiger partial charge in [0.1, 0.15) is 5.82 Å². The molecule has 1 saturated heterocycles. The van der Waals surface area contributed by atoms with Crippen LogP contribution < -0.4 is 9.47 Å². The number of tetrazole rings is 1. The Morgan fingerprint density at radius 2 is 2.00 bits per heavy atom. The number of aromatic nitrogens is 5. The highest BCUT2D eigenvalue weighted by molar-refractivity contribution is 6.30. The van der Waals surface area contributed by atoms with E-state index in [2.05, 4.69) is 42.6 Å². The third-order valence-electron chi connectivity index (χ3n) is 7.20. The first kappa shape index (κ1) is 23.8. The predicted molar refractivity (Wildman–Crippen MR) is 136 cm³/mol. The number of ether oxygens (including phenoxy) is 2. The van der Waals surface area contributed by atoms with E-state index in [0.717, 1.165) is 54.9 Å². The minimum Gasteiger partial charge on any atom is -0.444 e. The van der Waals surface area contributed by atoms with Crippen LogP contribution in [0.2, 0.25) is 5.02 Å². The van der Waals surface area contributed by atoms with Gasteiger partial charge in [-0.25, -0.2) is 4.39 Å². The van der Waals surface area contributed by atoms with Gasteiger partial charge in [0, 0.05) is 35.8 Å². The third-order valence-corrected chi connectivity index (χ3v) is 7.43. The van der Waals surface area contributed by atoms with Crippen molar-refractivity contribution in [1.82, 2.24) is 30.5 Å². The number of H-pyrrole nitrogens is 1. The second-order valence-corrected chi connectivity index (χ2v) is 10.2. The maximum absolute atomic E-state index is 14.7. The summed E-state index contributed by atoms with van der Waals surface area (Å²) in [5.74, 6) is 0.513. The number of aromatic amines is 1. The number of hydrogen-bond acceptors (Lipinski definition) is 7. The molecule has 1 N–H and O–H groups in total. The number of hydrogen-bond donors (Lipinski definition) is 1. The van der Waals surface area contributed by atoms with E-state index in [1.165, 1.54) is 6.07 Å². The molecule has 8 nitrogen and oxygen atoms in total. The van der Waals surface area contributed by atoms with Gasteiger partial charge < -0.3 is 9.47 Å². The van der Waals surface area contributed by atoms with Crippen molar-refractivity contribution < 1.29 is 13.9 Å². The van der Waals surface area contributed by atoms with E-state index < -0.39 is 11.6 Å². The summed E-state index contributed by atoms with van der Waals surface area (Å²) in [6, 6.07) is 12.6. The fraction of sp³-hybridized carbons (Fsp3) is 0.333. The van der Waals surface area contributed by atoms with Gasteiger partial charge >= 0.3 is 0 Å². The Labute approximate surface area is 218 Å². The minimum absolute atomic E-state index is 0.321. The Bertz CT molecular complexity index is 1440. The molecule has 37 heavy (non-hydrogen) atoms. The average Bonchev–Trinajstić information content (AvgIpc) is 3.52. The lowest BCUT2D eigenvalue weighted by Crippen LogP contribution is -2.33. The molecule has 2 aliphatic heterocycles. The monoisotopic (exact) mass is 520 g/mol. The number of para-hydroxylation sites is 1. The first-order valence-electron chi connectivity index (χ1n) is 12.3. The summed E-state index contributed by atoms with van der Waals surface area (Å²) in [7, 11) is 0. The number of aryl methyl sites for hydroxylation is 1. The molecular weight excluding hydrogens is 495 g/mol. The van der Waals surface area contributed by atoms with Crippen molar-refractivity contribution in [2.45, 2.75) is 44.9 Å². The zero-order valence-electron chi connectivity index (χ0n) is 20.5. The summed E-state index contributed by atoms with van der Waals surface area (Å²) < 4.78 is 27.2. The highest BCUT2D eigenvalue weighted by Crippen LogP contribution is 2.49. The molecule has 0 spiro atoms. The second-order valence-electron chi connectivity index (χ2n) is 9.72. The van der Waals surface area contributed by atoms with Crippen molar-refractivity contribution in [3.63, 3.8) is 0 Å². The molecule has 1 fully saturated rings.